The molecule has 2 N–H and O–H groups in total. The van der Waals surface area contributed by atoms with Crippen molar-refractivity contribution in [2.24, 2.45) is 0 Å². The molecule has 0 amide bonds. The Balaban J connectivity index is 0.000000209. The minimum atomic E-state index is -1.40. The molecular formula is C71H85BBr3N3O9S4. The maximum atomic E-state index is 12.2. The molecule has 0 spiro atoms. The van der Waals surface area contributed by atoms with Gasteiger partial charge in [0.15, 0.2) is 0 Å². The van der Waals surface area contributed by atoms with Gasteiger partial charge in [0, 0.05) is 98.5 Å². The average molecular weight is 1500 g/mol. The maximum absolute atomic E-state index is 12.2. The highest BCUT2D eigenvalue weighted by Gasteiger charge is 2.34. The maximum Gasteiger partial charge on any atom is 0.490 e. The largest absolute Gasteiger partial charge is 0.490 e. The molecule has 0 bridgehead atoms. The standard InChI is InChI=1S/2C20H23NO2S.C12H15BrO2S.C8H10BNO2.C6H5BrS.C5H9BrO/c2*1-4-23-19(22)20(2,3)24-18-8-6-5-7-16(18)15-11-12-17(21-13-15)14-9-10-14;1-4-15-11(14)12(2,3)16-10-8-6-5-7-9(10)13;11-9(12)7-3-4-8(10-5-7)6-1-2-6;7-5-3-1-2-4-6(5)8;1-4(7)5(2,3)6/h2*5-8,11-14H,4,9-10H2,1-3H3;5-8H,4H2,1-3H3;3-6,11-12H,1-2H2;1-4,8H;1-3H3. The van der Waals surface area contributed by atoms with E-state index < -0.39 is 21.4 Å². The number of thioether (sulfide) groups is 3. The fourth-order valence-corrected chi connectivity index (χ4v) is 12.2. The smallest absolute Gasteiger partial charge is 0.465 e. The summed E-state index contributed by atoms with van der Waals surface area (Å²) in [5.41, 5.74) is 8.29. The van der Waals surface area contributed by atoms with Gasteiger partial charge >= 0.3 is 25.0 Å². The molecule has 10 rings (SSSR count). The van der Waals surface area contributed by atoms with Crippen molar-refractivity contribution in [2.75, 3.05) is 19.8 Å². The van der Waals surface area contributed by atoms with Crippen molar-refractivity contribution in [3.63, 3.8) is 0 Å². The van der Waals surface area contributed by atoms with Gasteiger partial charge in [-0.25, -0.2) is 0 Å². The van der Waals surface area contributed by atoms with Gasteiger partial charge in [0.2, 0.25) is 0 Å². The zero-order chi connectivity index (χ0) is 67.1. The number of carbonyl (C=O) groups excluding carboxylic acids is 4. The van der Waals surface area contributed by atoms with Gasteiger partial charge in [-0.05, 0) is 219 Å². The normalized spacial score (nSPS) is 13.4. The highest BCUT2D eigenvalue weighted by Crippen LogP contribution is 2.44. The number of halogens is 3. The minimum absolute atomic E-state index is 0.160. The van der Waals surface area contributed by atoms with Crippen LogP contribution in [0.4, 0.5) is 0 Å². The Labute approximate surface area is 583 Å². The van der Waals surface area contributed by atoms with Crippen LogP contribution in [0.3, 0.4) is 0 Å². The van der Waals surface area contributed by atoms with E-state index in [-0.39, 0.29) is 28.0 Å². The molecule has 4 aromatic carbocycles. The first-order chi connectivity index (χ1) is 43.0. The summed E-state index contributed by atoms with van der Waals surface area (Å²) in [4.78, 5) is 64.0. The zero-order valence-electron chi connectivity index (χ0n) is 54.0. The summed E-state index contributed by atoms with van der Waals surface area (Å²) < 4.78 is 15.3. The minimum Gasteiger partial charge on any atom is -0.465 e. The third-order valence-electron chi connectivity index (χ3n) is 14.0. The van der Waals surface area contributed by atoms with Crippen molar-refractivity contribution < 1.29 is 43.4 Å². The van der Waals surface area contributed by atoms with Crippen LogP contribution in [0, 0.1) is 0 Å². The van der Waals surface area contributed by atoms with Gasteiger partial charge in [0.05, 0.1) is 24.1 Å². The molecule has 91 heavy (non-hydrogen) atoms. The van der Waals surface area contributed by atoms with E-state index in [1.807, 2.05) is 167 Å². The summed E-state index contributed by atoms with van der Waals surface area (Å²) in [5, 5.41) is 17.6. The fraction of sp³-hybridized carbons (Fsp3) is 0.394. The van der Waals surface area contributed by atoms with Gasteiger partial charge in [-0.2, -0.15) is 0 Å². The summed E-state index contributed by atoms with van der Waals surface area (Å²) in [6.07, 6.45) is 12.9. The first-order valence-electron chi connectivity index (χ1n) is 30.4. The summed E-state index contributed by atoms with van der Waals surface area (Å²) in [7, 11) is -1.40. The molecule has 3 heterocycles. The van der Waals surface area contributed by atoms with Crippen LogP contribution < -0.4 is 5.46 Å². The molecule has 3 fully saturated rings. The molecule has 3 saturated carbocycles. The number of esters is 3. The number of hydrogen-bond donors (Lipinski definition) is 3. The van der Waals surface area contributed by atoms with E-state index in [9.17, 15) is 19.2 Å². The Bertz CT molecular complexity index is 3280. The number of Topliss-reactive ketones (excluding diaryl/α,β-unsaturated/α-hetero) is 1. The monoisotopic (exact) mass is 1500 g/mol. The van der Waals surface area contributed by atoms with Gasteiger partial charge in [0.25, 0.3) is 0 Å². The van der Waals surface area contributed by atoms with Gasteiger partial charge in [-0.1, -0.05) is 94.8 Å². The number of pyridine rings is 3. The third-order valence-corrected chi connectivity index (χ3v) is 20.6. The molecule has 0 unspecified atom stereocenters. The molecule has 20 heteroatoms. The van der Waals surface area contributed by atoms with Crippen LogP contribution in [0.15, 0.2) is 181 Å². The quantitative estimate of drug-likeness (QED) is 0.0174. The van der Waals surface area contributed by atoms with Crippen LogP contribution in [0.1, 0.15) is 156 Å². The molecule has 0 saturated heterocycles. The van der Waals surface area contributed by atoms with E-state index in [0.29, 0.717) is 43.0 Å². The van der Waals surface area contributed by atoms with E-state index in [4.69, 9.17) is 24.3 Å². The van der Waals surface area contributed by atoms with E-state index in [2.05, 4.69) is 124 Å². The predicted molar refractivity (Wildman–Crippen MR) is 388 cm³/mol. The number of alkyl halides is 1. The summed E-state index contributed by atoms with van der Waals surface area (Å²) in [6.45, 7) is 23.3. The summed E-state index contributed by atoms with van der Waals surface area (Å²) in [6, 6.07) is 44.1. The molecular weight excluding hydrogens is 1420 g/mol. The van der Waals surface area contributed by atoms with E-state index in [1.165, 1.54) is 91.4 Å². The SMILES string of the molecule is CC(=O)C(C)(C)Br.CCOC(=O)C(C)(C)Sc1ccccc1-c1ccc(C2CC2)nc1.CCOC(=O)C(C)(C)Sc1ccccc1-c1ccc(C2CC2)nc1.CCOC(=O)C(C)(C)Sc1ccccc1Br.OB(O)c1ccc(C2CC2)nc1.Sc1ccccc1Br. The van der Waals surface area contributed by atoms with Crippen LogP contribution in [-0.2, 0) is 33.4 Å². The second-order valence-corrected chi connectivity index (χ2v) is 32.7. The number of aromatic nitrogens is 3. The summed E-state index contributed by atoms with van der Waals surface area (Å²) in [5.74, 6) is 1.54. The van der Waals surface area contributed by atoms with Crippen molar-refractivity contribution >= 4 is 132 Å². The van der Waals surface area contributed by atoms with Crippen molar-refractivity contribution in [1.29, 1.82) is 0 Å². The molecule has 486 valence electrons. The zero-order valence-corrected chi connectivity index (χ0v) is 62.1. The van der Waals surface area contributed by atoms with Crippen LogP contribution in [0.25, 0.3) is 22.3 Å². The third kappa shape index (κ3) is 26.2. The molecule has 12 nitrogen and oxygen atoms in total. The molecule has 3 aliphatic rings. The average Bonchev–Trinajstić information content (AvgIpc) is 3.42. The van der Waals surface area contributed by atoms with Crippen molar-refractivity contribution in [3.8, 4) is 22.3 Å². The molecule has 7 aromatic rings. The van der Waals surface area contributed by atoms with Crippen molar-refractivity contribution in [3.05, 3.63) is 178 Å². The molecule has 3 aliphatic carbocycles. The van der Waals surface area contributed by atoms with Crippen LogP contribution in [-0.4, -0.2) is 94.2 Å². The van der Waals surface area contributed by atoms with Crippen LogP contribution in [0.2, 0.25) is 0 Å². The second kappa shape index (κ2) is 36.8. The van der Waals surface area contributed by atoms with Crippen LogP contribution >= 0.6 is 95.7 Å². The van der Waals surface area contributed by atoms with Gasteiger partial charge < -0.3 is 24.3 Å². The molecule has 0 aliphatic heterocycles. The van der Waals surface area contributed by atoms with E-state index >= 15 is 0 Å². The summed E-state index contributed by atoms with van der Waals surface area (Å²) >= 11 is 18.7. The lowest BCUT2D eigenvalue weighted by Crippen LogP contribution is -2.30. The predicted octanol–water partition coefficient (Wildman–Crippen LogP) is 18.1. The number of thiol groups is 1. The number of benzene rings is 4. The van der Waals surface area contributed by atoms with E-state index in [1.54, 1.807) is 13.0 Å². The number of hydrogen-bond acceptors (Lipinski definition) is 16. The second-order valence-electron chi connectivity index (χ2n) is 23.6. The lowest BCUT2D eigenvalue weighted by molar-refractivity contribution is -0.145. The Morgan fingerprint density at radius 3 is 1.09 bits per heavy atom. The Morgan fingerprint density at radius 2 is 0.813 bits per heavy atom. The first-order valence-corrected chi connectivity index (χ1v) is 35.7. The lowest BCUT2D eigenvalue weighted by atomic mass is 9.81. The number of nitrogens with zero attached hydrogens (tertiary/aromatic N) is 3. The molecule has 3 aromatic heterocycles. The Morgan fingerprint density at radius 1 is 0.495 bits per heavy atom. The lowest BCUT2D eigenvalue weighted by Gasteiger charge is -2.23. The highest BCUT2D eigenvalue weighted by atomic mass is 79.9. The number of carbonyl (C=O) groups is 4. The Kier molecular flexibility index (Phi) is 31.1. The highest BCUT2D eigenvalue weighted by molar-refractivity contribution is 9.11. The van der Waals surface area contributed by atoms with E-state index in [0.717, 1.165) is 56.5 Å². The van der Waals surface area contributed by atoms with Gasteiger partial charge in [0.1, 0.15) is 20.0 Å². The number of ether oxygens (including phenoxy) is 3. The topological polar surface area (TPSA) is 175 Å². The fourth-order valence-electron chi connectivity index (χ4n) is 7.99. The Hall–Kier alpha value is -4.77. The van der Waals surface area contributed by atoms with Crippen LogP contribution in [0.5, 0.6) is 0 Å². The molecule has 0 radical (unpaired) electrons. The number of ketones is 1. The van der Waals surface area contributed by atoms with Crippen molar-refractivity contribution in [1.82, 2.24) is 15.0 Å². The first kappa shape index (κ1) is 76.9. The molecule has 0 atom stereocenters. The van der Waals surface area contributed by atoms with Gasteiger partial charge in [-0.3, -0.25) is 34.1 Å². The number of rotatable bonds is 19. The van der Waals surface area contributed by atoms with Gasteiger partial charge in [-0.15, -0.1) is 47.9 Å². The van der Waals surface area contributed by atoms with Crippen molar-refractivity contribution in [2.45, 2.75) is 178 Å².